The third-order valence-corrected chi connectivity index (χ3v) is 2.79. The van der Waals surface area contributed by atoms with Crippen molar-refractivity contribution in [3.8, 4) is 11.8 Å². The number of benzene rings is 1. The molecule has 2 aromatic rings. The topological polar surface area (TPSA) is 76.5 Å². The van der Waals surface area contributed by atoms with Gasteiger partial charge in [0, 0.05) is 0 Å². The molecule has 106 valence electrons. The maximum absolute atomic E-state index is 9.51. The van der Waals surface area contributed by atoms with Gasteiger partial charge >= 0.3 is 0 Å². The molecular weight excluding hydrogens is 258 g/mol. The number of hydrogen-bond donors (Lipinski definition) is 2. The van der Waals surface area contributed by atoms with Crippen molar-refractivity contribution in [1.82, 2.24) is 9.97 Å². The molecule has 6 heteroatoms. The van der Waals surface area contributed by atoms with Crippen LogP contribution in [0.3, 0.4) is 0 Å². The number of nitrogens with zero attached hydrogens (tertiary/aromatic N) is 2. The Morgan fingerprint density at radius 3 is 2.20 bits per heavy atom. The Kier molecular flexibility index (Phi) is 4.73. The largest absolute Gasteiger partial charge is 0.481 e. The molecule has 0 aliphatic carbocycles. The predicted molar refractivity (Wildman–Crippen MR) is 75.0 cm³/mol. The molecule has 20 heavy (non-hydrogen) atoms. The molecule has 0 aliphatic heterocycles. The fraction of sp³-hybridized carbons (Fsp3) is 0.286. The van der Waals surface area contributed by atoms with E-state index in [2.05, 4.69) is 15.3 Å². The maximum Gasteiger partial charge on any atom is 0.229 e. The lowest BCUT2D eigenvalue weighted by atomic mass is 10.1. The van der Waals surface area contributed by atoms with Crippen LogP contribution < -0.4 is 14.8 Å². The van der Waals surface area contributed by atoms with Crippen molar-refractivity contribution in [2.24, 2.45) is 0 Å². The summed E-state index contributed by atoms with van der Waals surface area (Å²) in [6, 6.07) is 10.9. The van der Waals surface area contributed by atoms with Gasteiger partial charge in [-0.05, 0) is 5.56 Å². The van der Waals surface area contributed by atoms with E-state index in [0.717, 1.165) is 5.56 Å². The van der Waals surface area contributed by atoms with Gasteiger partial charge in [0.05, 0.1) is 32.9 Å². The molecule has 0 bridgehead atoms. The molecule has 0 fully saturated rings. The second kappa shape index (κ2) is 6.72. The van der Waals surface area contributed by atoms with E-state index in [1.54, 1.807) is 6.07 Å². The number of hydrogen-bond acceptors (Lipinski definition) is 6. The number of rotatable bonds is 6. The highest BCUT2D eigenvalue weighted by molar-refractivity contribution is 5.37. The lowest BCUT2D eigenvalue weighted by molar-refractivity contribution is 0.275. The molecule has 1 atom stereocenters. The average molecular weight is 275 g/mol. The highest BCUT2D eigenvalue weighted by atomic mass is 16.5. The van der Waals surface area contributed by atoms with Gasteiger partial charge in [0.25, 0.3) is 0 Å². The first-order chi connectivity index (χ1) is 9.76. The van der Waals surface area contributed by atoms with Crippen LogP contribution in [0.25, 0.3) is 0 Å². The fourth-order valence-electron chi connectivity index (χ4n) is 1.75. The van der Waals surface area contributed by atoms with Crippen LogP contribution in [0.2, 0.25) is 0 Å². The van der Waals surface area contributed by atoms with Crippen LogP contribution in [0.15, 0.2) is 36.4 Å². The van der Waals surface area contributed by atoms with Crippen molar-refractivity contribution < 1.29 is 14.6 Å². The number of aliphatic hydroxyl groups excluding tert-OH is 1. The molecule has 1 aromatic heterocycles. The Labute approximate surface area is 117 Å². The Bertz CT molecular complexity index is 526. The zero-order valence-electron chi connectivity index (χ0n) is 11.4. The third-order valence-electron chi connectivity index (χ3n) is 2.79. The molecule has 0 spiro atoms. The Balaban J connectivity index is 2.23. The first-order valence-corrected chi connectivity index (χ1v) is 6.16. The number of ether oxygens (including phenoxy) is 2. The van der Waals surface area contributed by atoms with Crippen molar-refractivity contribution in [2.45, 2.75) is 6.04 Å². The first-order valence-electron chi connectivity index (χ1n) is 6.16. The quantitative estimate of drug-likeness (QED) is 0.834. The summed E-state index contributed by atoms with van der Waals surface area (Å²) in [5.74, 6) is 1.12. The zero-order chi connectivity index (χ0) is 14.4. The molecule has 0 saturated carbocycles. The molecular formula is C14H17N3O3. The van der Waals surface area contributed by atoms with Gasteiger partial charge in [-0.15, -0.1) is 0 Å². The Hall–Kier alpha value is -2.34. The summed E-state index contributed by atoms with van der Waals surface area (Å²) < 4.78 is 10.2. The summed E-state index contributed by atoms with van der Waals surface area (Å²) in [6.07, 6.45) is 0. The first kappa shape index (κ1) is 14.1. The van der Waals surface area contributed by atoms with Gasteiger partial charge in [-0.25, -0.2) is 0 Å². The summed E-state index contributed by atoms with van der Waals surface area (Å²) in [6.45, 7) is -0.0765. The average Bonchev–Trinajstić information content (AvgIpc) is 2.53. The zero-order valence-corrected chi connectivity index (χ0v) is 11.4. The van der Waals surface area contributed by atoms with Crippen molar-refractivity contribution in [1.29, 1.82) is 0 Å². The Morgan fingerprint density at radius 2 is 1.70 bits per heavy atom. The van der Waals surface area contributed by atoms with Crippen LogP contribution in [-0.2, 0) is 0 Å². The van der Waals surface area contributed by atoms with E-state index in [-0.39, 0.29) is 12.6 Å². The number of nitrogens with one attached hydrogen (secondary N) is 1. The molecule has 0 radical (unpaired) electrons. The molecule has 1 aromatic carbocycles. The molecule has 0 saturated heterocycles. The van der Waals surface area contributed by atoms with E-state index in [0.29, 0.717) is 17.7 Å². The van der Waals surface area contributed by atoms with Crippen molar-refractivity contribution >= 4 is 5.95 Å². The summed E-state index contributed by atoms with van der Waals surface area (Å²) in [4.78, 5) is 8.36. The van der Waals surface area contributed by atoms with E-state index in [4.69, 9.17) is 9.47 Å². The van der Waals surface area contributed by atoms with Crippen LogP contribution in [0, 0.1) is 0 Å². The molecule has 6 nitrogen and oxygen atoms in total. The second-order valence-corrected chi connectivity index (χ2v) is 4.07. The second-order valence-electron chi connectivity index (χ2n) is 4.07. The smallest absolute Gasteiger partial charge is 0.229 e. The van der Waals surface area contributed by atoms with Gasteiger partial charge in [0.15, 0.2) is 0 Å². The standard InChI is InChI=1S/C14H17N3O3/c1-19-12-8-13(20-2)17-14(16-12)15-11(9-18)10-6-4-3-5-7-10/h3-8,11,18H,9H2,1-2H3,(H,15,16,17). The van der Waals surface area contributed by atoms with Crippen LogP contribution in [0.1, 0.15) is 11.6 Å². The number of methoxy groups -OCH3 is 2. The van der Waals surface area contributed by atoms with Gasteiger partial charge in [-0.1, -0.05) is 30.3 Å². The molecule has 2 rings (SSSR count). The third kappa shape index (κ3) is 3.36. The SMILES string of the molecule is COc1cc(OC)nc(NC(CO)c2ccccc2)n1. The lowest BCUT2D eigenvalue weighted by Gasteiger charge is -2.17. The molecule has 0 aliphatic rings. The van der Waals surface area contributed by atoms with Gasteiger partial charge in [-0.2, -0.15) is 9.97 Å². The normalized spacial score (nSPS) is 11.8. The van der Waals surface area contributed by atoms with Gasteiger partial charge < -0.3 is 19.9 Å². The summed E-state index contributed by atoms with van der Waals surface area (Å²) in [5, 5.41) is 12.6. The van der Waals surface area contributed by atoms with E-state index < -0.39 is 0 Å². The minimum Gasteiger partial charge on any atom is -0.481 e. The predicted octanol–water partition coefficient (Wildman–Crippen LogP) is 1.64. The fourth-order valence-corrected chi connectivity index (χ4v) is 1.75. The number of anilines is 1. The van der Waals surface area contributed by atoms with Gasteiger partial charge in [0.2, 0.25) is 17.7 Å². The molecule has 1 heterocycles. The van der Waals surface area contributed by atoms with Crippen LogP contribution in [0.5, 0.6) is 11.8 Å². The van der Waals surface area contributed by atoms with Gasteiger partial charge in [0.1, 0.15) is 0 Å². The van der Waals surface area contributed by atoms with E-state index in [1.807, 2.05) is 30.3 Å². The summed E-state index contributed by atoms with van der Waals surface area (Å²) in [5.41, 5.74) is 0.945. The summed E-state index contributed by atoms with van der Waals surface area (Å²) in [7, 11) is 3.04. The van der Waals surface area contributed by atoms with Crippen molar-refractivity contribution in [2.75, 3.05) is 26.1 Å². The molecule has 2 N–H and O–H groups in total. The van der Waals surface area contributed by atoms with E-state index in [1.165, 1.54) is 14.2 Å². The monoisotopic (exact) mass is 275 g/mol. The number of aliphatic hydroxyl groups is 1. The number of aromatic nitrogens is 2. The lowest BCUT2D eigenvalue weighted by Crippen LogP contribution is -2.16. The van der Waals surface area contributed by atoms with E-state index in [9.17, 15) is 5.11 Å². The highest BCUT2D eigenvalue weighted by Gasteiger charge is 2.13. The maximum atomic E-state index is 9.51. The highest BCUT2D eigenvalue weighted by Crippen LogP contribution is 2.21. The molecule has 0 amide bonds. The van der Waals surface area contributed by atoms with Crippen LogP contribution >= 0.6 is 0 Å². The Morgan fingerprint density at radius 1 is 1.10 bits per heavy atom. The van der Waals surface area contributed by atoms with Crippen LogP contribution in [-0.4, -0.2) is 35.9 Å². The molecule has 1 unspecified atom stereocenters. The summed E-state index contributed by atoms with van der Waals surface area (Å²) >= 11 is 0. The van der Waals surface area contributed by atoms with Crippen LogP contribution in [0.4, 0.5) is 5.95 Å². The van der Waals surface area contributed by atoms with Gasteiger partial charge in [-0.3, -0.25) is 0 Å². The van der Waals surface area contributed by atoms with Crippen molar-refractivity contribution in [3.05, 3.63) is 42.0 Å². The minimum absolute atomic E-state index is 0.0765. The minimum atomic E-state index is -0.298. The van der Waals surface area contributed by atoms with Crippen molar-refractivity contribution in [3.63, 3.8) is 0 Å². The van der Waals surface area contributed by atoms with E-state index >= 15 is 0 Å².